The van der Waals surface area contributed by atoms with Crippen molar-refractivity contribution in [2.75, 3.05) is 19.0 Å². The second-order valence-corrected chi connectivity index (χ2v) is 4.53. The molecule has 17 heavy (non-hydrogen) atoms. The van der Waals surface area contributed by atoms with Crippen LogP contribution in [-0.2, 0) is 9.53 Å². The van der Waals surface area contributed by atoms with Crippen LogP contribution in [-0.4, -0.2) is 24.5 Å². The molecule has 1 atom stereocenters. The first-order chi connectivity index (χ1) is 7.97. The van der Waals surface area contributed by atoms with E-state index in [2.05, 4.69) is 26.0 Å². The summed E-state index contributed by atoms with van der Waals surface area (Å²) in [6, 6.07) is 2.52. The van der Waals surface area contributed by atoms with E-state index in [0.29, 0.717) is 5.56 Å². The molecule has 1 aromatic carbocycles. The standard InChI is InChI=1S/C11H12BrF2NO2/c1-6-3-4-8(13)10(9(6)14)15-5-7(12)11(16)17-2/h3-4,7,15H,5H2,1-2H3. The van der Waals surface area contributed by atoms with Crippen molar-refractivity contribution in [2.24, 2.45) is 0 Å². The maximum absolute atomic E-state index is 13.6. The second kappa shape index (κ2) is 5.95. The zero-order valence-corrected chi connectivity index (χ0v) is 11.0. The Balaban J connectivity index is 2.76. The van der Waals surface area contributed by atoms with Crippen LogP contribution in [0.15, 0.2) is 12.1 Å². The fraction of sp³-hybridized carbons (Fsp3) is 0.364. The summed E-state index contributed by atoms with van der Waals surface area (Å²) in [6.07, 6.45) is 0. The van der Waals surface area contributed by atoms with Gasteiger partial charge < -0.3 is 10.1 Å². The molecule has 1 unspecified atom stereocenters. The Kier molecular flexibility index (Phi) is 4.86. The minimum Gasteiger partial charge on any atom is -0.468 e. The molecule has 3 nitrogen and oxygen atoms in total. The number of esters is 1. The number of nitrogens with one attached hydrogen (secondary N) is 1. The van der Waals surface area contributed by atoms with Gasteiger partial charge in [-0.05, 0) is 18.6 Å². The molecule has 0 aromatic heterocycles. The van der Waals surface area contributed by atoms with Crippen LogP contribution >= 0.6 is 15.9 Å². The molecule has 6 heteroatoms. The lowest BCUT2D eigenvalue weighted by atomic mass is 10.2. The summed E-state index contributed by atoms with van der Waals surface area (Å²) in [5.41, 5.74) is 0.0939. The van der Waals surface area contributed by atoms with Crippen molar-refractivity contribution in [1.82, 2.24) is 0 Å². The molecule has 0 saturated carbocycles. The van der Waals surface area contributed by atoms with Crippen molar-refractivity contribution in [1.29, 1.82) is 0 Å². The molecule has 0 saturated heterocycles. The molecule has 1 rings (SSSR count). The Hall–Kier alpha value is -1.17. The molecule has 0 fully saturated rings. The van der Waals surface area contributed by atoms with Gasteiger partial charge in [0.1, 0.15) is 16.3 Å². The van der Waals surface area contributed by atoms with Crippen LogP contribution in [0.2, 0.25) is 0 Å². The van der Waals surface area contributed by atoms with E-state index in [4.69, 9.17) is 0 Å². The fourth-order valence-corrected chi connectivity index (χ4v) is 1.57. The predicted octanol–water partition coefficient (Wildman–Crippen LogP) is 2.62. The van der Waals surface area contributed by atoms with E-state index in [0.717, 1.165) is 0 Å². The maximum atomic E-state index is 13.6. The van der Waals surface area contributed by atoms with Crippen LogP contribution in [0.5, 0.6) is 0 Å². The zero-order chi connectivity index (χ0) is 13.0. The van der Waals surface area contributed by atoms with Crippen LogP contribution < -0.4 is 5.32 Å². The van der Waals surface area contributed by atoms with Gasteiger partial charge in [0.2, 0.25) is 0 Å². The van der Waals surface area contributed by atoms with Gasteiger partial charge in [-0.1, -0.05) is 22.0 Å². The van der Waals surface area contributed by atoms with Crippen molar-refractivity contribution in [2.45, 2.75) is 11.8 Å². The van der Waals surface area contributed by atoms with Gasteiger partial charge in [0.25, 0.3) is 0 Å². The fourth-order valence-electron chi connectivity index (χ4n) is 1.22. The molecule has 0 spiro atoms. The van der Waals surface area contributed by atoms with Crippen LogP contribution in [0.3, 0.4) is 0 Å². The molecule has 0 aliphatic carbocycles. The van der Waals surface area contributed by atoms with Gasteiger partial charge in [0, 0.05) is 6.54 Å². The third-order valence-electron chi connectivity index (χ3n) is 2.20. The van der Waals surface area contributed by atoms with Crippen LogP contribution in [0.4, 0.5) is 14.5 Å². The Bertz CT molecular complexity index is 426. The predicted molar refractivity (Wildman–Crippen MR) is 64.3 cm³/mol. The van der Waals surface area contributed by atoms with E-state index >= 15 is 0 Å². The van der Waals surface area contributed by atoms with Crippen molar-refractivity contribution >= 4 is 27.6 Å². The van der Waals surface area contributed by atoms with Gasteiger partial charge in [0.05, 0.1) is 7.11 Å². The Morgan fingerprint density at radius 3 is 2.76 bits per heavy atom. The summed E-state index contributed by atoms with van der Waals surface area (Å²) >= 11 is 3.05. The number of rotatable bonds is 4. The molecule has 0 radical (unpaired) electrons. The van der Waals surface area contributed by atoms with Crippen molar-refractivity contribution in [3.05, 3.63) is 29.3 Å². The van der Waals surface area contributed by atoms with Crippen LogP contribution in [0, 0.1) is 18.6 Å². The number of aryl methyl sites for hydroxylation is 1. The van der Waals surface area contributed by atoms with Crippen LogP contribution in [0.25, 0.3) is 0 Å². The zero-order valence-electron chi connectivity index (χ0n) is 9.39. The van der Waals surface area contributed by atoms with E-state index in [1.165, 1.54) is 26.2 Å². The number of anilines is 1. The molecule has 1 aromatic rings. The number of ether oxygens (including phenoxy) is 1. The number of methoxy groups -OCH3 is 1. The normalized spacial score (nSPS) is 12.1. The summed E-state index contributed by atoms with van der Waals surface area (Å²) in [6.45, 7) is 1.57. The highest BCUT2D eigenvalue weighted by Gasteiger charge is 2.17. The number of halogens is 3. The van der Waals surface area contributed by atoms with Gasteiger partial charge in [-0.15, -0.1) is 0 Å². The lowest BCUT2D eigenvalue weighted by Crippen LogP contribution is -2.25. The molecule has 0 amide bonds. The van der Waals surface area contributed by atoms with Gasteiger partial charge in [-0.3, -0.25) is 4.79 Å². The summed E-state index contributed by atoms with van der Waals surface area (Å²) in [4.78, 5) is 10.4. The molecule has 1 N–H and O–H groups in total. The highest BCUT2D eigenvalue weighted by atomic mass is 79.9. The number of carbonyl (C=O) groups excluding carboxylic acids is 1. The molecule has 94 valence electrons. The lowest BCUT2D eigenvalue weighted by molar-refractivity contribution is -0.139. The molecule has 0 aliphatic heterocycles. The van der Waals surface area contributed by atoms with Crippen molar-refractivity contribution in [3.8, 4) is 0 Å². The summed E-state index contributed by atoms with van der Waals surface area (Å²) in [5, 5.41) is 2.54. The first kappa shape index (κ1) is 13.9. The van der Waals surface area contributed by atoms with Crippen molar-refractivity contribution in [3.63, 3.8) is 0 Å². The first-order valence-electron chi connectivity index (χ1n) is 4.87. The quantitative estimate of drug-likeness (QED) is 0.686. The summed E-state index contributed by atoms with van der Waals surface area (Å²) < 4.78 is 31.4. The lowest BCUT2D eigenvalue weighted by Gasteiger charge is -2.12. The highest BCUT2D eigenvalue weighted by molar-refractivity contribution is 9.10. The van der Waals surface area contributed by atoms with Gasteiger partial charge in [0.15, 0.2) is 5.82 Å². The topological polar surface area (TPSA) is 38.3 Å². The first-order valence-corrected chi connectivity index (χ1v) is 5.79. The SMILES string of the molecule is COC(=O)C(Br)CNc1c(F)ccc(C)c1F. The monoisotopic (exact) mass is 307 g/mol. The Labute approximate surface area is 106 Å². The van der Waals surface area contributed by atoms with Crippen LogP contribution in [0.1, 0.15) is 5.56 Å². The molecule has 0 heterocycles. The number of benzene rings is 1. The second-order valence-electron chi connectivity index (χ2n) is 3.42. The molecule has 0 bridgehead atoms. The third-order valence-corrected chi connectivity index (χ3v) is 2.90. The minimum atomic E-state index is -0.697. The number of hydrogen-bond acceptors (Lipinski definition) is 3. The maximum Gasteiger partial charge on any atom is 0.321 e. The van der Waals surface area contributed by atoms with E-state index in [1.807, 2.05) is 0 Å². The van der Waals surface area contributed by atoms with E-state index < -0.39 is 22.4 Å². The smallest absolute Gasteiger partial charge is 0.321 e. The number of alkyl halides is 1. The van der Waals surface area contributed by atoms with E-state index in [1.54, 1.807) is 0 Å². The van der Waals surface area contributed by atoms with E-state index in [9.17, 15) is 13.6 Å². The van der Waals surface area contributed by atoms with Gasteiger partial charge >= 0.3 is 5.97 Å². The van der Waals surface area contributed by atoms with Crippen molar-refractivity contribution < 1.29 is 18.3 Å². The average Bonchev–Trinajstić information content (AvgIpc) is 2.32. The number of hydrogen-bond donors (Lipinski definition) is 1. The van der Waals surface area contributed by atoms with Gasteiger partial charge in [-0.2, -0.15) is 0 Å². The Morgan fingerprint density at radius 1 is 1.53 bits per heavy atom. The van der Waals surface area contributed by atoms with Gasteiger partial charge in [-0.25, -0.2) is 8.78 Å². The molecular weight excluding hydrogens is 296 g/mol. The largest absolute Gasteiger partial charge is 0.468 e. The average molecular weight is 308 g/mol. The third kappa shape index (κ3) is 3.39. The minimum absolute atomic E-state index is 0.0317. The highest BCUT2D eigenvalue weighted by Crippen LogP contribution is 2.21. The summed E-state index contributed by atoms with van der Waals surface area (Å²) in [5.74, 6) is -1.86. The molecule has 0 aliphatic rings. The van der Waals surface area contributed by atoms with E-state index in [-0.39, 0.29) is 12.2 Å². The summed E-state index contributed by atoms with van der Waals surface area (Å²) in [7, 11) is 1.24. The molecular formula is C11H12BrF2NO2. The Morgan fingerprint density at radius 2 is 2.18 bits per heavy atom. The number of carbonyl (C=O) groups is 1.